The molecule has 2 heterocycles. The summed E-state index contributed by atoms with van der Waals surface area (Å²) < 4.78 is 5.75. The summed E-state index contributed by atoms with van der Waals surface area (Å²) in [6.07, 6.45) is 1.14. The van der Waals surface area contributed by atoms with E-state index in [0.29, 0.717) is 5.92 Å². The predicted octanol–water partition coefficient (Wildman–Crippen LogP) is 2.41. The summed E-state index contributed by atoms with van der Waals surface area (Å²) in [5, 5.41) is 0. The minimum atomic E-state index is 0.625. The molecule has 0 bridgehead atoms. The highest BCUT2D eigenvalue weighted by atomic mass is 35.5. The fourth-order valence-corrected chi connectivity index (χ4v) is 3.47. The van der Waals surface area contributed by atoms with Crippen LogP contribution in [0.15, 0.2) is 24.3 Å². The molecule has 0 radical (unpaired) electrons. The third-order valence-corrected chi connectivity index (χ3v) is 4.60. The Morgan fingerprint density at radius 3 is 2.65 bits per heavy atom. The summed E-state index contributed by atoms with van der Waals surface area (Å²) in [6, 6.07) is 8.51. The van der Waals surface area contributed by atoms with Gasteiger partial charge in [0, 0.05) is 51.1 Å². The Morgan fingerprint density at radius 1 is 1.10 bits per heavy atom. The maximum atomic E-state index is 5.81. The number of nitrogens with zero attached hydrogens (tertiary/aromatic N) is 2. The van der Waals surface area contributed by atoms with E-state index in [1.807, 2.05) is 0 Å². The van der Waals surface area contributed by atoms with Crippen molar-refractivity contribution in [3.05, 3.63) is 29.8 Å². The molecule has 110 valence electrons. The van der Waals surface area contributed by atoms with Crippen LogP contribution in [0.1, 0.15) is 17.9 Å². The Labute approximate surface area is 126 Å². The molecule has 3 rings (SSSR count). The highest BCUT2D eigenvalue weighted by Crippen LogP contribution is 2.33. The van der Waals surface area contributed by atoms with Gasteiger partial charge in [-0.1, -0.05) is 18.2 Å². The number of piperazine rings is 1. The molecular weight excluding hydrogens is 272 g/mol. The van der Waals surface area contributed by atoms with Crippen LogP contribution in [-0.2, 0) is 0 Å². The average Bonchev–Trinajstić information content (AvgIpc) is 2.50. The Hall–Kier alpha value is -0.770. The number of ether oxygens (including phenoxy) is 1. The van der Waals surface area contributed by atoms with Crippen LogP contribution in [0.3, 0.4) is 0 Å². The van der Waals surface area contributed by atoms with E-state index >= 15 is 0 Å². The normalized spacial score (nSPS) is 24.1. The summed E-state index contributed by atoms with van der Waals surface area (Å²) >= 11 is 5.81. The highest BCUT2D eigenvalue weighted by Gasteiger charge is 2.25. The van der Waals surface area contributed by atoms with Gasteiger partial charge >= 0.3 is 0 Å². The zero-order valence-electron chi connectivity index (χ0n) is 11.9. The molecule has 1 saturated heterocycles. The first-order chi connectivity index (χ1) is 9.86. The Morgan fingerprint density at radius 2 is 1.85 bits per heavy atom. The first-order valence-electron chi connectivity index (χ1n) is 7.59. The quantitative estimate of drug-likeness (QED) is 0.793. The predicted molar refractivity (Wildman–Crippen MR) is 82.9 cm³/mol. The van der Waals surface area contributed by atoms with Crippen LogP contribution in [0.4, 0.5) is 0 Å². The molecule has 0 spiro atoms. The zero-order valence-corrected chi connectivity index (χ0v) is 12.7. The maximum absolute atomic E-state index is 5.81. The van der Waals surface area contributed by atoms with Crippen molar-refractivity contribution in [1.29, 1.82) is 0 Å². The van der Waals surface area contributed by atoms with Gasteiger partial charge in [-0.3, -0.25) is 4.90 Å². The smallest absolute Gasteiger partial charge is 0.122 e. The van der Waals surface area contributed by atoms with E-state index in [4.69, 9.17) is 16.3 Å². The number of hydrogen-bond acceptors (Lipinski definition) is 3. The molecule has 0 saturated carbocycles. The van der Waals surface area contributed by atoms with Crippen LogP contribution in [0, 0.1) is 0 Å². The van der Waals surface area contributed by atoms with Gasteiger partial charge in [0.25, 0.3) is 0 Å². The van der Waals surface area contributed by atoms with E-state index in [0.717, 1.165) is 63.9 Å². The molecule has 2 aliphatic rings. The van der Waals surface area contributed by atoms with Crippen molar-refractivity contribution < 1.29 is 4.74 Å². The Bertz CT molecular complexity index is 432. The standard InChI is InChI=1S/C16H23ClN2O/c17-6-7-18-8-10-19(11-9-18)13-14-5-12-20-16-4-2-1-3-15(14)16/h1-4,14H,5-13H2. The molecule has 3 nitrogen and oxygen atoms in total. The molecule has 2 aliphatic heterocycles. The topological polar surface area (TPSA) is 15.7 Å². The number of benzene rings is 1. The summed E-state index contributed by atoms with van der Waals surface area (Å²) in [5.41, 5.74) is 1.39. The lowest BCUT2D eigenvalue weighted by Crippen LogP contribution is -2.48. The zero-order chi connectivity index (χ0) is 13.8. The third kappa shape index (κ3) is 3.27. The Kier molecular flexibility index (Phi) is 4.81. The van der Waals surface area contributed by atoms with E-state index in [2.05, 4.69) is 34.1 Å². The summed E-state index contributed by atoms with van der Waals surface area (Å²) in [4.78, 5) is 5.05. The van der Waals surface area contributed by atoms with Crippen molar-refractivity contribution in [2.24, 2.45) is 0 Å². The molecule has 1 unspecified atom stereocenters. The van der Waals surface area contributed by atoms with E-state index < -0.39 is 0 Å². The second-order valence-corrected chi connectivity index (χ2v) is 6.08. The SMILES string of the molecule is ClCCN1CCN(CC2CCOc3ccccc32)CC1. The number of halogens is 1. The molecule has 0 aliphatic carbocycles. The first-order valence-corrected chi connectivity index (χ1v) is 8.12. The van der Waals surface area contributed by atoms with Gasteiger partial charge < -0.3 is 9.64 Å². The fraction of sp³-hybridized carbons (Fsp3) is 0.625. The molecule has 0 aromatic heterocycles. The molecule has 0 N–H and O–H groups in total. The lowest BCUT2D eigenvalue weighted by Gasteiger charge is -2.37. The van der Waals surface area contributed by atoms with Crippen molar-refractivity contribution >= 4 is 11.6 Å². The lowest BCUT2D eigenvalue weighted by molar-refractivity contribution is 0.124. The highest BCUT2D eigenvalue weighted by molar-refractivity contribution is 6.18. The molecule has 0 amide bonds. The Balaban J connectivity index is 1.57. The molecule has 1 fully saturated rings. The minimum absolute atomic E-state index is 0.625. The maximum Gasteiger partial charge on any atom is 0.122 e. The summed E-state index contributed by atoms with van der Waals surface area (Å²) in [7, 11) is 0. The molecule has 1 aromatic carbocycles. The van der Waals surface area contributed by atoms with Gasteiger partial charge in [0.1, 0.15) is 5.75 Å². The van der Waals surface area contributed by atoms with Gasteiger partial charge in [0.15, 0.2) is 0 Å². The van der Waals surface area contributed by atoms with Crippen LogP contribution in [-0.4, -0.2) is 61.6 Å². The first kappa shape index (κ1) is 14.2. The van der Waals surface area contributed by atoms with Gasteiger partial charge in [-0.05, 0) is 18.1 Å². The van der Waals surface area contributed by atoms with Crippen LogP contribution in [0.25, 0.3) is 0 Å². The number of fused-ring (bicyclic) bond motifs is 1. The van der Waals surface area contributed by atoms with Crippen molar-refractivity contribution in [2.75, 3.05) is 51.8 Å². The largest absolute Gasteiger partial charge is 0.493 e. The van der Waals surface area contributed by atoms with E-state index in [-0.39, 0.29) is 0 Å². The second-order valence-electron chi connectivity index (χ2n) is 5.70. The lowest BCUT2D eigenvalue weighted by atomic mass is 9.92. The van der Waals surface area contributed by atoms with Gasteiger partial charge in [-0.25, -0.2) is 0 Å². The minimum Gasteiger partial charge on any atom is -0.493 e. The van der Waals surface area contributed by atoms with Gasteiger partial charge in [-0.2, -0.15) is 0 Å². The molecule has 1 atom stereocenters. The molecule has 4 heteroatoms. The van der Waals surface area contributed by atoms with Gasteiger partial charge in [0.05, 0.1) is 6.61 Å². The van der Waals surface area contributed by atoms with Gasteiger partial charge in [-0.15, -0.1) is 11.6 Å². The number of rotatable bonds is 4. The molecule has 1 aromatic rings. The van der Waals surface area contributed by atoms with Crippen molar-refractivity contribution in [3.63, 3.8) is 0 Å². The summed E-state index contributed by atoms with van der Waals surface area (Å²) in [6.45, 7) is 7.67. The molecule has 20 heavy (non-hydrogen) atoms. The number of hydrogen-bond donors (Lipinski definition) is 0. The monoisotopic (exact) mass is 294 g/mol. The molecular formula is C16H23ClN2O. The number of para-hydroxylation sites is 1. The average molecular weight is 295 g/mol. The third-order valence-electron chi connectivity index (χ3n) is 4.43. The number of alkyl halides is 1. The second kappa shape index (κ2) is 6.79. The van der Waals surface area contributed by atoms with E-state index in [9.17, 15) is 0 Å². The van der Waals surface area contributed by atoms with Crippen LogP contribution < -0.4 is 4.74 Å². The van der Waals surface area contributed by atoms with Crippen LogP contribution in [0.2, 0.25) is 0 Å². The fourth-order valence-electron chi connectivity index (χ4n) is 3.23. The van der Waals surface area contributed by atoms with E-state index in [1.54, 1.807) is 0 Å². The van der Waals surface area contributed by atoms with Crippen LogP contribution >= 0.6 is 11.6 Å². The van der Waals surface area contributed by atoms with E-state index in [1.165, 1.54) is 5.56 Å². The van der Waals surface area contributed by atoms with Crippen molar-refractivity contribution in [1.82, 2.24) is 9.80 Å². The summed E-state index contributed by atoms with van der Waals surface area (Å²) in [5.74, 6) is 2.46. The van der Waals surface area contributed by atoms with Crippen LogP contribution in [0.5, 0.6) is 5.75 Å². The van der Waals surface area contributed by atoms with Crippen molar-refractivity contribution in [3.8, 4) is 5.75 Å². The van der Waals surface area contributed by atoms with Gasteiger partial charge in [0.2, 0.25) is 0 Å². The van der Waals surface area contributed by atoms with Crippen molar-refractivity contribution in [2.45, 2.75) is 12.3 Å².